The van der Waals surface area contributed by atoms with Crippen LogP contribution in [0.25, 0.3) is 22.3 Å². The van der Waals surface area contributed by atoms with E-state index in [-0.39, 0.29) is 5.91 Å². The van der Waals surface area contributed by atoms with Crippen molar-refractivity contribution in [3.63, 3.8) is 0 Å². The average molecular weight is 455 g/mol. The van der Waals surface area contributed by atoms with Crippen LogP contribution in [0, 0.1) is 5.92 Å². The summed E-state index contributed by atoms with van der Waals surface area (Å²) in [6, 6.07) is 15.8. The molecule has 0 bridgehead atoms. The Morgan fingerprint density at radius 3 is 2.71 bits per heavy atom. The van der Waals surface area contributed by atoms with Gasteiger partial charge in [0.15, 0.2) is 0 Å². The molecule has 1 fully saturated rings. The Labute approximate surface area is 199 Å². The number of aromatic amines is 1. The van der Waals surface area contributed by atoms with Crippen LogP contribution in [0.1, 0.15) is 34.7 Å². The second-order valence-corrected chi connectivity index (χ2v) is 9.29. The van der Waals surface area contributed by atoms with Crippen LogP contribution in [-0.4, -0.2) is 69.4 Å². The molecule has 4 aromatic rings. The standard InChI is InChI=1S/C27H30N6O/c1-32-13-9-19(10-14-32)18-33(2)27(34)25-17-21-15-20(6-7-22(21)30-25)16-26-29-12-8-24(31-26)23-5-3-4-11-28-23/h3-8,11-12,15,17,19,30H,9-10,13-14,16,18H2,1-2H3. The quantitative estimate of drug-likeness (QED) is 0.476. The third-order valence-corrected chi connectivity index (χ3v) is 6.63. The molecule has 0 unspecified atom stereocenters. The summed E-state index contributed by atoms with van der Waals surface area (Å²) in [6.45, 7) is 3.02. The maximum Gasteiger partial charge on any atom is 0.270 e. The van der Waals surface area contributed by atoms with Gasteiger partial charge in [0.25, 0.3) is 5.91 Å². The molecule has 174 valence electrons. The Morgan fingerprint density at radius 2 is 1.91 bits per heavy atom. The maximum absolute atomic E-state index is 13.1. The second kappa shape index (κ2) is 9.73. The predicted octanol–water partition coefficient (Wildman–Crippen LogP) is 4.02. The van der Waals surface area contributed by atoms with Gasteiger partial charge < -0.3 is 14.8 Å². The zero-order chi connectivity index (χ0) is 23.5. The van der Waals surface area contributed by atoms with Crippen molar-refractivity contribution < 1.29 is 4.79 Å². The van der Waals surface area contributed by atoms with Crippen molar-refractivity contribution in [3.05, 3.63) is 78.0 Å². The first-order valence-corrected chi connectivity index (χ1v) is 11.8. The molecule has 1 aromatic carbocycles. The van der Waals surface area contributed by atoms with Crippen LogP contribution in [0.4, 0.5) is 0 Å². The fourth-order valence-corrected chi connectivity index (χ4v) is 4.65. The Morgan fingerprint density at radius 1 is 1.06 bits per heavy atom. The molecule has 4 heterocycles. The van der Waals surface area contributed by atoms with Gasteiger partial charge in [-0.15, -0.1) is 0 Å². The number of rotatable bonds is 6. The van der Waals surface area contributed by atoms with Crippen LogP contribution in [0.3, 0.4) is 0 Å². The van der Waals surface area contributed by atoms with Crippen molar-refractivity contribution in [1.29, 1.82) is 0 Å². The Balaban J connectivity index is 1.29. The number of H-pyrrole nitrogens is 1. The van der Waals surface area contributed by atoms with E-state index in [9.17, 15) is 4.79 Å². The molecular formula is C27H30N6O. The number of piperidine rings is 1. The van der Waals surface area contributed by atoms with Gasteiger partial charge in [0, 0.05) is 43.3 Å². The molecule has 7 nitrogen and oxygen atoms in total. The van der Waals surface area contributed by atoms with Crippen LogP contribution in [-0.2, 0) is 6.42 Å². The first-order chi connectivity index (χ1) is 16.5. The number of likely N-dealkylation sites (tertiary alicyclic amines) is 1. The summed E-state index contributed by atoms with van der Waals surface area (Å²) < 4.78 is 0. The SMILES string of the molecule is CN1CCC(CN(C)C(=O)c2cc3cc(Cc4nccc(-c5ccccn5)n4)ccc3[nH]2)CC1. The molecule has 1 saturated heterocycles. The molecule has 7 heteroatoms. The number of amides is 1. The molecule has 5 rings (SSSR count). The summed E-state index contributed by atoms with van der Waals surface area (Å²) in [5.74, 6) is 1.36. The highest BCUT2D eigenvalue weighted by Crippen LogP contribution is 2.22. The number of pyridine rings is 1. The fourth-order valence-electron chi connectivity index (χ4n) is 4.65. The number of nitrogens with one attached hydrogen (secondary N) is 1. The van der Waals surface area contributed by atoms with E-state index in [0.29, 0.717) is 18.0 Å². The maximum atomic E-state index is 13.1. The molecule has 0 atom stereocenters. The lowest BCUT2D eigenvalue weighted by Crippen LogP contribution is -2.38. The van der Waals surface area contributed by atoms with Crippen LogP contribution in [0.15, 0.2) is 60.9 Å². The fraction of sp³-hybridized carbons (Fsp3) is 0.333. The van der Waals surface area contributed by atoms with Crippen LogP contribution in [0.2, 0.25) is 0 Å². The largest absolute Gasteiger partial charge is 0.351 e. The van der Waals surface area contributed by atoms with Gasteiger partial charge in [0.05, 0.1) is 11.4 Å². The van der Waals surface area contributed by atoms with E-state index >= 15 is 0 Å². The molecule has 0 spiro atoms. The molecular weight excluding hydrogens is 424 g/mol. The summed E-state index contributed by atoms with van der Waals surface area (Å²) >= 11 is 0. The molecule has 0 aliphatic carbocycles. The van der Waals surface area contributed by atoms with E-state index in [1.54, 1.807) is 12.4 Å². The normalized spacial score (nSPS) is 15.0. The number of hydrogen-bond donors (Lipinski definition) is 1. The third-order valence-electron chi connectivity index (χ3n) is 6.63. The molecule has 34 heavy (non-hydrogen) atoms. The molecule has 1 aliphatic heterocycles. The van der Waals surface area contributed by atoms with Crippen LogP contribution >= 0.6 is 0 Å². The van der Waals surface area contributed by atoms with E-state index in [1.165, 1.54) is 0 Å². The zero-order valence-corrected chi connectivity index (χ0v) is 19.7. The smallest absolute Gasteiger partial charge is 0.270 e. The molecule has 0 radical (unpaired) electrons. The minimum absolute atomic E-state index is 0.0445. The van der Waals surface area contributed by atoms with Gasteiger partial charge in [-0.2, -0.15) is 0 Å². The molecule has 0 saturated carbocycles. The minimum atomic E-state index is 0.0445. The Bertz CT molecular complexity index is 1280. The number of carbonyl (C=O) groups is 1. The molecule has 1 aliphatic rings. The van der Waals surface area contributed by atoms with Gasteiger partial charge in [-0.1, -0.05) is 12.1 Å². The first-order valence-electron chi connectivity index (χ1n) is 11.8. The Hall–Kier alpha value is -3.58. The third kappa shape index (κ3) is 4.99. The number of nitrogens with zero attached hydrogens (tertiary/aromatic N) is 5. The summed E-state index contributed by atoms with van der Waals surface area (Å²) in [5.41, 5.74) is 4.34. The van der Waals surface area contributed by atoms with Crippen molar-refractivity contribution in [3.8, 4) is 11.4 Å². The van der Waals surface area contributed by atoms with E-state index in [2.05, 4.69) is 44.0 Å². The van der Waals surface area contributed by atoms with Gasteiger partial charge in [-0.3, -0.25) is 9.78 Å². The topological polar surface area (TPSA) is 78.0 Å². The summed E-state index contributed by atoms with van der Waals surface area (Å²) in [4.78, 5) is 34.1. The van der Waals surface area contributed by atoms with Crippen molar-refractivity contribution in [2.24, 2.45) is 5.92 Å². The lowest BCUT2D eigenvalue weighted by molar-refractivity contribution is 0.0742. The van der Waals surface area contributed by atoms with Crippen LogP contribution in [0.5, 0.6) is 0 Å². The van der Waals surface area contributed by atoms with Crippen LogP contribution < -0.4 is 0 Å². The lowest BCUT2D eigenvalue weighted by atomic mass is 9.96. The van der Waals surface area contributed by atoms with E-state index in [1.807, 2.05) is 48.3 Å². The lowest BCUT2D eigenvalue weighted by Gasteiger charge is -2.31. The van der Waals surface area contributed by atoms with Gasteiger partial charge in [0.1, 0.15) is 11.5 Å². The van der Waals surface area contributed by atoms with Gasteiger partial charge in [-0.05, 0) is 80.9 Å². The highest BCUT2D eigenvalue weighted by molar-refractivity contribution is 5.98. The molecule has 1 N–H and O–H groups in total. The van der Waals surface area contributed by atoms with Crippen molar-refractivity contribution >= 4 is 16.8 Å². The summed E-state index contributed by atoms with van der Waals surface area (Å²) in [7, 11) is 4.07. The van der Waals surface area contributed by atoms with Crippen molar-refractivity contribution in [1.82, 2.24) is 29.7 Å². The number of benzene rings is 1. The number of carbonyl (C=O) groups excluding carboxylic acids is 1. The average Bonchev–Trinajstić information content (AvgIpc) is 3.29. The predicted molar refractivity (Wildman–Crippen MR) is 134 cm³/mol. The molecule has 1 amide bonds. The highest BCUT2D eigenvalue weighted by atomic mass is 16.2. The van der Waals surface area contributed by atoms with Gasteiger partial charge in [-0.25, -0.2) is 9.97 Å². The first kappa shape index (κ1) is 22.2. The monoisotopic (exact) mass is 454 g/mol. The Kier molecular flexibility index (Phi) is 6.36. The highest BCUT2D eigenvalue weighted by Gasteiger charge is 2.22. The van der Waals surface area contributed by atoms with Crippen molar-refractivity contribution in [2.45, 2.75) is 19.3 Å². The van der Waals surface area contributed by atoms with E-state index < -0.39 is 0 Å². The van der Waals surface area contributed by atoms with E-state index in [4.69, 9.17) is 0 Å². The molecule has 3 aromatic heterocycles. The number of fused-ring (bicyclic) bond motifs is 1. The summed E-state index contributed by atoms with van der Waals surface area (Å²) in [6.07, 6.45) is 6.45. The summed E-state index contributed by atoms with van der Waals surface area (Å²) in [5, 5.41) is 1.02. The minimum Gasteiger partial charge on any atom is -0.351 e. The van der Waals surface area contributed by atoms with Crippen molar-refractivity contribution in [2.75, 3.05) is 33.7 Å². The number of hydrogen-bond acceptors (Lipinski definition) is 5. The van der Waals surface area contributed by atoms with Gasteiger partial charge >= 0.3 is 0 Å². The second-order valence-electron chi connectivity index (χ2n) is 9.29. The zero-order valence-electron chi connectivity index (χ0n) is 19.7. The van der Waals surface area contributed by atoms with Gasteiger partial charge in [0.2, 0.25) is 0 Å². The van der Waals surface area contributed by atoms with E-state index in [0.717, 1.165) is 66.2 Å². The number of aromatic nitrogens is 4.